The average Bonchev–Trinajstić information content (AvgIpc) is 2.98. The van der Waals surface area contributed by atoms with Crippen molar-refractivity contribution in [2.75, 3.05) is 5.32 Å². The van der Waals surface area contributed by atoms with Crippen molar-refractivity contribution in [1.29, 1.82) is 0 Å². The number of hydrogen-bond donors (Lipinski definition) is 2. The number of benzene rings is 1. The number of rotatable bonds is 3. The van der Waals surface area contributed by atoms with Gasteiger partial charge in [0.05, 0.1) is 16.3 Å². The van der Waals surface area contributed by atoms with Gasteiger partial charge >= 0.3 is 5.97 Å². The van der Waals surface area contributed by atoms with E-state index in [2.05, 4.69) is 5.32 Å². The quantitative estimate of drug-likeness (QED) is 0.870. The lowest BCUT2D eigenvalue weighted by Gasteiger charge is -2.09. The highest BCUT2D eigenvalue weighted by atomic mass is 35.5. The summed E-state index contributed by atoms with van der Waals surface area (Å²) >= 11 is 5.90. The van der Waals surface area contributed by atoms with Crippen LogP contribution in [0.1, 0.15) is 23.7 Å². The molecule has 2 rings (SSSR count). The third-order valence-corrected chi connectivity index (χ3v) is 3.25. The number of carboxylic acid groups (broad SMARTS) is 1. The highest BCUT2D eigenvalue weighted by Crippen LogP contribution is 2.39. The molecule has 1 amide bonds. The van der Waals surface area contributed by atoms with Crippen molar-refractivity contribution in [2.24, 2.45) is 11.8 Å². The molecule has 0 heterocycles. The first kappa shape index (κ1) is 11.9. The average molecular weight is 254 g/mol. The van der Waals surface area contributed by atoms with E-state index in [0.29, 0.717) is 5.92 Å². The molecular formula is C12H12ClNO3. The van der Waals surface area contributed by atoms with Crippen LogP contribution < -0.4 is 5.32 Å². The third kappa shape index (κ3) is 2.42. The molecule has 1 saturated carbocycles. The van der Waals surface area contributed by atoms with Crippen molar-refractivity contribution >= 4 is 29.2 Å². The highest BCUT2D eigenvalue weighted by Gasteiger charge is 2.39. The Morgan fingerprint density at radius 2 is 2.12 bits per heavy atom. The van der Waals surface area contributed by atoms with Gasteiger partial charge in [-0.25, -0.2) is 4.79 Å². The van der Waals surface area contributed by atoms with Crippen LogP contribution in [-0.2, 0) is 4.79 Å². The fourth-order valence-corrected chi connectivity index (χ4v) is 1.95. The van der Waals surface area contributed by atoms with Gasteiger partial charge in [0.15, 0.2) is 0 Å². The number of carbonyl (C=O) groups excluding carboxylic acids is 1. The van der Waals surface area contributed by atoms with Crippen LogP contribution in [0.4, 0.5) is 5.69 Å². The van der Waals surface area contributed by atoms with Crippen molar-refractivity contribution in [1.82, 2.24) is 0 Å². The summed E-state index contributed by atoms with van der Waals surface area (Å²) in [5.74, 6) is -0.918. The summed E-state index contributed by atoms with van der Waals surface area (Å²) in [5, 5.41) is 11.8. The molecule has 0 radical (unpaired) electrons. The molecule has 4 nitrogen and oxygen atoms in total. The van der Waals surface area contributed by atoms with E-state index in [4.69, 9.17) is 16.7 Å². The zero-order valence-corrected chi connectivity index (χ0v) is 9.99. The molecule has 2 atom stereocenters. The van der Waals surface area contributed by atoms with E-state index in [9.17, 15) is 9.59 Å². The smallest absolute Gasteiger partial charge is 0.337 e. The maximum absolute atomic E-state index is 11.7. The Labute approximate surface area is 104 Å². The van der Waals surface area contributed by atoms with Gasteiger partial charge in [-0.2, -0.15) is 0 Å². The van der Waals surface area contributed by atoms with Gasteiger partial charge in [-0.15, -0.1) is 0 Å². The number of para-hydroxylation sites is 1. The summed E-state index contributed by atoms with van der Waals surface area (Å²) < 4.78 is 0. The van der Waals surface area contributed by atoms with Crippen molar-refractivity contribution in [2.45, 2.75) is 13.3 Å². The lowest BCUT2D eigenvalue weighted by atomic mass is 10.1. The minimum absolute atomic E-state index is 0.0131. The van der Waals surface area contributed by atoms with Crippen molar-refractivity contribution in [3.05, 3.63) is 28.8 Å². The molecule has 2 N–H and O–H groups in total. The molecule has 0 bridgehead atoms. The summed E-state index contributed by atoms with van der Waals surface area (Å²) in [6.45, 7) is 1.98. The second kappa shape index (κ2) is 4.37. The van der Waals surface area contributed by atoms with E-state index in [1.165, 1.54) is 6.07 Å². The highest BCUT2D eigenvalue weighted by molar-refractivity contribution is 6.34. The molecule has 0 spiro atoms. The number of anilines is 1. The zero-order chi connectivity index (χ0) is 12.6. The predicted molar refractivity (Wildman–Crippen MR) is 64.3 cm³/mol. The van der Waals surface area contributed by atoms with Crippen LogP contribution in [0.5, 0.6) is 0 Å². The predicted octanol–water partition coefficient (Wildman–Crippen LogP) is 2.63. The van der Waals surface area contributed by atoms with Crippen LogP contribution in [0.15, 0.2) is 18.2 Å². The Morgan fingerprint density at radius 1 is 1.47 bits per heavy atom. The first-order valence-electron chi connectivity index (χ1n) is 5.33. The Kier molecular flexibility index (Phi) is 3.07. The molecule has 0 aliphatic heterocycles. The van der Waals surface area contributed by atoms with Gasteiger partial charge < -0.3 is 10.4 Å². The van der Waals surface area contributed by atoms with E-state index in [1.54, 1.807) is 12.1 Å². The lowest BCUT2D eigenvalue weighted by molar-refractivity contribution is -0.117. The number of aromatic carboxylic acids is 1. The summed E-state index contributed by atoms with van der Waals surface area (Å²) in [4.78, 5) is 22.7. The normalized spacial score (nSPS) is 22.0. The molecule has 2 unspecified atom stereocenters. The molecule has 1 aliphatic rings. The standard InChI is InChI=1S/C12H12ClNO3/c1-6-5-8(6)11(15)14-10-7(12(16)17)3-2-4-9(10)13/h2-4,6,8H,5H2,1H3,(H,14,15)(H,16,17). The SMILES string of the molecule is CC1CC1C(=O)Nc1c(Cl)cccc1C(=O)O. The largest absolute Gasteiger partial charge is 0.478 e. The Balaban J connectivity index is 2.25. The van der Waals surface area contributed by atoms with Crippen LogP contribution in [0, 0.1) is 11.8 Å². The minimum Gasteiger partial charge on any atom is -0.478 e. The van der Waals surface area contributed by atoms with Gasteiger partial charge in [0, 0.05) is 5.92 Å². The van der Waals surface area contributed by atoms with E-state index < -0.39 is 5.97 Å². The van der Waals surface area contributed by atoms with Gasteiger partial charge in [-0.1, -0.05) is 24.6 Å². The fourth-order valence-electron chi connectivity index (χ4n) is 1.73. The Bertz CT molecular complexity index is 487. The monoisotopic (exact) mass is 253 g/mol. The van der Waals surface area contributed by atoms with Gasteiger partial charge in [-0.05, 0) is 24.5 Å². The number of amides is 1. The van der Waals surface area contributed by atoms with Crippen LogP contribution in [-0.4, -0.2) is 17.0 Å². The molecule has 0 aromatic heterocycles. The zero-order valence-electron chi connectivity index (χ0n) is 9.24. The molecule has 90 valence electrons. The minimum atomic E-state index is -1.10. The molecule has 0 saturated heterocycles. The summed E-state index contributed by atoms with van der Waals surface area (Å²) in [7, 11) is 0. The van der Waals surface area contributed by atoms with Gasteiger partial charge in [-0.3, -0.25) is 4.79 Å². The Hall–Kier alpha value is -1.55. The third-order valence-electron chi connectivity index (χ3n) is 2.94. The topological polar surface area (TPSA) is 66.4 Å². The second-order valence-electron chi connectivity index (χ2n) is 4.28. The summed E-state index contributed by atoms with van der Waals surface area (Å²) in [6.07, 6.45) is 0.846. The first-order valence-corrected chi connectivity index (χ1v) is 5.71. The molecular weight excluding hydrogens is 242 g/mol. The van der Waals surface area contributed by atoms with Crippen LogP contribution >= 0.6 is 11.6 Å². The van der Waals surface area contributed by atoms with Crippen LogP contribution in [0.2, 0.25) is 5.02 Å². The second-order valence-corrected chi connectivity index (χ2v) is 4.68. The fraction of sp³-hybridized carbons (Fsp3) is 0.333. The van der Waals surface area contributed by atoms with Crippen molar-refractivity contribution in [3.8, 4) is 0 Å². The molecule has 1 aromatic rings. The molecule has 1 fully saturated rings. The van der Waals surface area contributed by atoms with E-state index in [0.717, 1.165) is 6.42 Å². The summed E-state index contributed by atoms with van der Waals surface area (Å²) in [5.41, 5.74) is 0.199. The van der Waals surface area contributed by atoms with Crippen molar-refractivity contribution < 1.29 is 14.7 Å². The van der Waals surface area contributed by atoms with Gasteiger partial charge in [0.25, 0.3) is 0 Å². The number of carbonyl (C=O) groups is 2. The summed E-state index contributed by atoms with van der Waals surface area (Å²) in [6, 6.07) is 4.52. The van der Waals surface area contributed by atoms with Gasteiger partial charge in [0.1, 0.15) is 0 Å². The van der Waals surface area contributed by atoms with Crippen LogP contribution in [0.25, 0.3) is 0 Å². The molecule has 1 aliphatic carbocycles. The van der Waals surface area contributed by atoms with E-state index >= 15 is 0 Å². The first-order chi connectivity index (χ1) is 8.00. The van der Waals surface area contributed by atoms with Crippen LogP contribution in [0.3, 0.4) is 0 Å². The number of nitrogens with one attached hydrogen (secondary N) is 1. The number of halogens is 1. The van der Waals surface area contributed by atoms with Gasteiger partial charge in [0.2, 0.25) is 5.91 Å². The molecule has 5 heteroatoms. The van der Waals surface area contributed by atoms with E-state index in [-0.39, 0.29) is 28.1 Å². The lowest BCUT2D eigenvalue weighted by Crippen LogP contribution is -2.17. The maximum Gasteiger partial charge on any atom is 0.337 e. The number of hydrogen-bond acceptors (Lipinski definition) is 2. The molecule has 17 heavy (non-hydrogen) atoms. The van der Waals surface area contributed by atoms with Crippen molar-refractivity contribution in [3.63, 3.8) is 0 Å². The maximum atomic E-state index is 11.7. The Morgan fingerprint density at radius 3 is 2.65 bits per heavy atom. The molecule has 1 aromatic carbocycles. The number of carboxylic acids is 1. The van der Waals surface area contributed by atoms with E-state index in [1.807, 2.05) is 6.92 Å².